The van der Waals surface area contributed by atoms with Crippen molar-refractivity contribution in [1.29, 1.82) is 0 Å². The van der Waals surface area contributed by atoms with Crippen molar-refractivity contribution in [1.82, 2.24) is 4.90 Å². The van der Waals surface area contributed by atoms with Gasteiger partial charge in [-0.3, -0.25) is 4.90 Å². The molecule has 2 N–H and O–H groups in total. The van der Waals surface area contributed by atoms with Crippen LogP contribution in [0.1, 0.15) is 32.1 Å². The third-order valence-corrected chi connectivity index (χ3v) is 3.97. The third-order valence-electron chi connectivity index (χ3n) is 3.97. The second-order valence-corrected chi connectivity index (χ2v) is 4.80. The summed E-state index contributed by atoms with van der Waals surface area (Å²) in [5.74, 6) is 0.862. The first-order valence-corrected chi connectivity index (χ1v) is 6.30. The van der Waals surface area contributed by atoms with Gasteiger partial charge in [-0.05, 0) is 25.5 Å². The summed E-state index contributed by atoms with van der Waals surface area (Å²) in [6.07, 6.45) is 2.68. The number of furan rings is 1. The Kier molecular flexibility index (Phi) is 3.86. The van der Waals surface area contributed by atoms with Gasteiger partial charge in [0, 0.05) is 18.6 Å². The molecular formula is C13H22N2O2. The molecule has 2 rings (SSSR count). The zero-order valence-electron chi connectivity index (χ0n) is 10.7. The molecule has 96 valence electrons. The molecule has 1 fully saturated rings. The molecule has 2 unspecified atom stereocenters. The minimum absolute atomic E-state index is 0.0678. The normalized spacial score (nSPS) is 23.2. The molecule has 4 nitrogen and oxygen atoms in total. The lowest BCUT2D eigenvalue weighted by atomic mass is 9.86. The molecular weight excluding hydrogens is 216 g/mol. The minimum atomic E-state index is -0.0967. The lowest BCUT2D eigenvalue weighted by Gasteiger charge is -2.45. The van der Waals surface area contributed by atoms with Crippen molar-refractivity contribution in [2.75, 3.05) is 26.3 Å². The van der Waals surface area contributed by atoms with Crippen molar-refractivity contribution in [3.05, 3.63) is 24.2 Å². The fraction of sp³-hybridized carbons (Fsp3) is 0.692. The molecule has 1 aliphatic heterocycles. The monoisotopic (exact) mass is 238 g/mol. The molecule has 2 atom stereocenters. The standard InChI is InChI=1S/C13H22N2O2/c1-3-13(2,15-6-9-16-10-7-15)12(14)11-5-4-8-17-11/h4-5,8,12H,3,6-7,9-10,14H2,1-2H3. The highest BCUT2D eigenvalue weighted by Gasteiger charge is 2.39. The molecule has 0 aliphatic carbocycles. The highest BCUT2D eigenvalue weighted by molar-refractivity contribution is 5.11. The highest BCUT2D eigenvalue weighted by Crippen LogP contribution is 2.33. The second kappa shape index (κ2) is 5.21. The molecule has 1 saturated heterocycles. The van der Waals surface area contributed by atoms with E-state index in [0.29, 0.717) is 0 Å². The molecule has 17 heavy (non-hydrogen) atoms. The van der Waals surface area contributed by atoms with Gasteiger partial charge in [0.25, 0.3) is 0 Å². The SMILES string of the molecule is CCC(C)(C(N)c1ccco1)N1CCOCC1. The van der Waals surface area contributed by atoms with Crippen molar-refractivity contribution >= 4 is 0 Å². The zero-order valence-corrected chi connectivity index (χ0v) is 10.7. The van der Waals surface area contributed by atoms with Crippen LogP contribution in [0.5, 0.6) is 0 Å². The first-order chi connectivity index (χ1) is 8.18. The third kappa shape index (κ3) is 2.39. The van der Waals surface area contributed by atoms with Gasteiger partial charge in [0.2, 0.25) is 0 Å². The summed E-state index contributed by atoms with van der Waals surface area (Å²) < 4.78 is 10.9. The van der Waals surface area contributed by atoms with Crippen molar-refractivity contribution < 1.29 is 9.15 Å². The van der Waals surface area contributed by atoms with E-state index in [1.54, 1.807) is 6.26 Å². The van der Waals surface area contributed by atoms with E-state index in [-0.39, 0.29) is 11.6 Å². The average molecular weight is 238 g/mol. The number of nitrogens with zero attached hydrogens (tertiary/aromatic N) is 1. The molecule has 0 bridgehead atoms. The summed E-state index contributed by atoms with van der Waals surface area (Å²) in [7, 11) is 0. The van der Waals surface area contributed by atoms with Gasteiger partial charge in [-0.25, -0.2) is 0 Å². The lowest BCUT2D eigenvalue weighted by Crippen LogP contribution is -2.56. The number of nitrogens with two attached hydrogens (primary N) is 1. The second-order valence-electron chi connectivity index (χ2n) is 4.80. The van der Waals surface area contributed by atoms with Gasteiger partial charge in [0.15, 0.2) is 0 Å². The molecule has 0 saturated carbocycles. The Morgan fingerprint density at radius 3 is 2.71 bits per heavy atom. The smallest absolute Gasteiger partial charge is 0.122 e. The average Bonchev–Trinajstić information content (AvgIpc) is 2.92. The van der Waals surface area contributed by atoms with Crippen LogP contribution in [-0.4, -0.2) is 36.7 Å². The number of ether oxygens (including phenoxy) is 1. The van der Waals surface area contributed by atoms with Crippen molar-refractivity contribution in [3.8, 4) is 0 Å². The number of rotatable bonds is 4. The topological polar surface area (TPSA) is 51.6 Å². The number of hydrogen-bond donors (Lipinski definition) is 1. The van der Waals surface area contributed by atoms with Crippen LogP contribution in [0.3, 0.4) is 0 Å². The summed E-state index contributed by atoms with van der Waals surface area (Å²) in [6.45, 7) is 7.86. The fourth-order valence-corrected chi connectivity index (χ4v) is 2.49. The first-order valence-electron chi connectivity index (χ1n) is 6.30. The minimum Gasteiger partial charge on any atom is -0.468 e. The van der Waals surface area contributed by atoms with Crippen LogP contribution in [0.4, 0.5) is 0 Å². The van der Waals surface area contributed by atoms with Gasteiger partial charge < -0.3 is 14.9 Å². The Bertz CT molecular complexity index is 333. The maximum atomic E-state index is 6.38. The Labute approximate surface area is 103 Å². The molecule has 1 aliphatic rings. The van der Waals surface area contributed by atoms with E-state index in [0.717, 1.165) is 38.5 Å². The summed E-state index contributed by atoms with van der Waals surface area (Å²) in [4.78, 5) is 2.42. The maximum Gasteiger partial charge on any atom is 0.122 e. The fourth-order valence-electron chi connectivity index (χ4n) is 2.49. The van der Waals surface area contributed by atoms with Crippen LogP contribution in [0.25, 0.3) is 0 Å². The van der Waals surface area contributed by atoms with E-state index in [1.807, 2.05) is 12.1 Å². The quantitative estimate of drug-likeness (QED) is 0.868. The van der Waals surface area contributed by atoms with E-state index >= 15 is 0 Å². The molecule has 4 heteroatoms. The van der Waals surface area contributed by atoms with Gasteiger partial charge in [-0.15, -0.1) is 0 Å². The van der Waals surface area contributed by atoms with Crippen molar-refractivity contribution in [2.24, 2.45) is 5.73 Å². The molecule has 1 aromatic rings. The van der Waals surface area contributed by atoms with Crippen LogP contribution in [0.15, 0.2) is 22.8 Å². The van der Waals surface area contributed by atoms with Crippen LogP contribution in [-0.2, 0) is 4.74 Å². The Hall–Kier alpha value is -0.840. The van der Waals surface area contributed by atoms with Crippen LogP contribution >= 0.6 is 0 Å². The number of hydrogen-bond acceptors (Lipinski definition) is 4. The van der Waals surface area contributed by atoms with Crippen LogP contribution in [0.2, 0.25) is 0 Å². The van der Waals surface area contributed by atoms with Gasteiger partial charge in [-0.1, -0.05) is 6.92 Å². The maximum absolute atomic E-state index is 6.38. The van der Waals surface area contributed by atoms with Crippen molar-refractivity contribution in [3.63, 3.8) is 0 Å². The van der Waals surface area contributed by atoms with Gasteiger partial charge in [-0.2, -0.15) is 0 Å². The Morgan fingerprint density at radius 1 is 1.47 bits per heavy atom. The summed E-state index contributed by atoms with van der Waals surface area (Å²) in [5, 5.41) is 0. The highest BCUT2D eigenvalue weighted by atomic mass is 16.5. The molecule has 1 aromatic heterocycles. The Morgan fingerprint density at radius 2 is 2.18 bits per heavy atom. The lowest BCUT2D eigenvalue weighted by molar-refractivity contribution is -0.0301. The van der Waals surface area contributed by atoms with Gasteiger partial charge in [0.1, 0.15) is 5.76 Å². The molecule has 0 spiro atoms. The molecule has 0 amide bonds. The summed E-state index contributed by atoms with van der Waals surface area (Å²) in [6, 6.07) is 3.75. The molecule has 2 heterocycles. The van der Waals surface area contributed by atoms with E-state index < -0.39 is 0 Å². The zero-order chi connectivity index (χ0) is 12.3. The molecule has 0 radical (unpaired) electrons. The van der Waals surface area contributed by atoms with E-state index in [2.05, 4.69) is 18.7 Å². The predicted molar refractivity (Wildman–Crippen MR) is 66.7 cm³/mol. The van der Waals surface area contributed by atoms with Crippen LogP contribution in [0, 0.1) is 0 Å². The molecule has 0 aromatic carbocycles. The van der Waals surface area contributed by atoms with Gasteiger partial charge >= 0.3 is 0 Å². The van der Waals surface area contributed by atoms with Crippen LogP contribution < -0.4 is 5.73 Å². The predicted octanol–water partition coefficient (Wildman–Crippen LogP) is 1.78. The Balaban J connectivity index is 2.17. The largest absolute Gasteiger partial charge is 0.468 e. The van der Waals surface area contributed by atoms with E-state index in [4.69, 9.17) is 14.9 Å². The van der Waals surface area contributed by atoms with E-state index in [9.17, 15) is 0 Å². The summed E-state index contributed by atoms with van der Waals surface area (Å²) in [5.41, 5.74) is 6.32. The van der Waals surface area contributed by atoms with Crippen molar-refractivity contribution in [2.45, 2.75) is 31.8 Å². The van der Waals surface area contributed by atoms with E-state index in [1.165, 1.54) is 0 Å². The van der Waals surface area contributed by atoms with Gasteiger partial charge in [0.05, 0.1) is 25.5 Å². The summed E-state index contributed by atoms with van der Waals surface area (Å²) >= 11 is 0. The number of morpholine rings is 1. The first kappa shape index (κ1) is 12.6.